The van der Waals surface area contributed by atoms with Gasteiger partial charge in [-0.05, 0) is 33.0 Å². The van der Waals surface area contributed by atoms with Crippen molar-refractivity contribution in [3.8, 4) is 0 Å². The second-order valence-electron chi connectivity index (χ2n) is 5.41. The number of benzene rings is 1. The number of anilines is 1. The van der Waals surface area contributed by atoms with Crippen LogP contribution in [0, 0.1) is 23.0 Å². The first-order valence-corrected chi connectivity index (χ1v) is 6.74. The van der Waals surface area contributed by atoms with E-state index in [0.717, 1.165) is 6.54 Å². The molecule has 7 heteroatoms. The van der Waals surface area contributed by atoms with Gasteiger partial charge >= 0.3 is 6.03 Å². The molecule has 1 aromatic carbocycles. The summed E-state index contributed by atoms with van der Waals surface area (Å²) in [7, 11) is 3.95. The van der Waals surface area contributed by atoms with Gasteiger partial charge in [0, 0.05) is 19.2 Å². The molecule has 0 aromatic heterocycles. The number of amides is 2. The molecule has 0 bridgehead atoms. The van der Waals surface area contributed by atoms with Crippen LogP contribution in [0.25, 0.3) is 0 Å². The fourth-order valence-corrected chi connectivity index (χ4v) is 2.08. The Hall–Kier alpha value is -2.15. The van der Waals surface area contributed by atoms with Crippen molar-refractivity contribution < 1.29 is 9.72 Å². The zero-order valence-electron chi connectivity index (χ0n) is 12.8. The average Bonchev–Trinajstić information content (AvgIpc) is 2.37. The summed E-state index contributed by atoms with van der Waals surface area (Å²) in [4.78, 5) is 24.3. The number of rotatable bonds is 6. The summed E-state index contributed by atoms with van der Waals surface area (Å²) in [5.41, 5.74) is 0.884. The molecule has 0 spiro atoms. The Bertz CT molecular complexity index is 517. The zero-order valence-corrected chi connectivity index (χ0v) is 12.8. The summed E-state index contributed by atoms with van der Waals surface area (Å²) in [5.74, 6) is 0.317. The molecule has 0 heterocycles. The van der Waals surface area contributed by atoms with Crippen molar-refractivity contribution in [2.75, 3.05) is 32.5 Å². The van der Waals surface area contributed by atoms with Crippen LogP contribution >= 0.6 is 0 Å². The number of nitrogens with zero attached hydrogens (tertiary/aromatic N) is 2. The first-order chi connectivity index (χ1) is 9.81. The maximum Gasteiger partial charge on any atom is 0.319 e. The number of nitro groups is 1. The Morgan fingerprint density at radius 3 is 2.67 bits per heavy atom. The lowest BCUT2D eigenvalue weighted by atomic mass is 10.1. The van der Waals surface area contributed by atoms with Gasteiger partial charge < -0.3 is 15.5 Å². The molecule has 7 nitrogen and oxygen atoms in total. The van der Waals surface area contributed by atoms with Crippen molar-refractivity contribution in [3.05, 3.63) is 33.9 Å². The van der Waals surface area contributed by atoms with Crippen LogP contribution in [-0.4, -0.2) is 43.0 Å². The summed E-state index contributed by atoms with van der Waals surface area (Å²) in [5, 5.41) is 16.3. The van der Waals surface area contributed by atoms with Gasteiger partial charge in [-0.25, -0.2) is 4.79 Å². The molecule has 0 fully saturated rings. The summed E-state index contributed by atoms with van der Waals surface area (Å²) >= 11 is 0. The highest BCUT2D eigenvalue weighted by Crippen LogP contribution is 2.24. The standard InChI is InChI=1S/C14H22N4O3/c1-10(9-17(3)4)8-15-14(19)16-12-6-5-7-13(11(12)2)18(20)21/h5-7,10H,8-9H2,1-4H3,(H2,15,16,19). The summed E-state index contributed by atoms with van der Waals surface area (Å²) in [6, 6.07) is 4.25. The second-order valence-corrected chi connectivity index (χ2v) is 5.41. The lowest BCUT2D eigenvalue weighted by Gasteiger charge is -2.17. The molecule has 2 N–H and O–H groups in total. The average molecular weight is 294 g/mol. The van der Waals surface area contributed by atoms with Crippen LogP contribution < -0.4 is 10.6 Å². The third-order valence-electron chi connectivity index (χ3n) is 3.04. The van der Waals surface area contributed by atoms with Crippen LogP contribution in [-0.2, 0) is 0 Å². The van der Waals surface area contributed by atoms with Crippen LogP contribution in [0.1, 0.15) is 12.5 Å². The van der Waals surface area contributed by atoms with Gasteiger partial charge in [0.05, 0.1) is 16.2 Å². The van der Waals surface area contributed by atoms with Crippen molar-refractivity contribution in [2.24, 2.45) is 5.92 Å². The highest BCUT2D eigenvalue weighted by molar-refractivity contribution is 5.90. The topological polar surface area (TPSA) is 87.5 Å². The molecule has 0 aliphatic carbocycles. The quantitative estimate of drug-likeness (QED) is 0.622. The molecule has 0 saturated carbocycles. The van der Waals surface area contributed by atoms with Crippen molar-refractivity contribution >= 4 is 17.4 Å². The van der Waals surface area contributed by atoms with Gasteiger partial charge in [0.25, 0.3) is 5.69 Å². The lowest BCUT2D eigenvalue weighted by Crippen LogP contribution is -2.35. The van der Waals surface area contributed by atoms with Crippen LogP contribution in [0.15, 0.2) is 18.2 Å². The van der Waals surface area contributed by atoms with E-state index in [1.807, 2.05) is 21.0 Å². The fraction of sp³-hybridized carbons (Fsp3) is 0.500. The zero-order chi connectivity index (χ0) is 16.0. The Balaban J connectivity index is 2.59. The smallest absolute Gasteiger partial charge is 0.319 e. The molecule has 1 atom stereocenters. The SMILES string of the molecule is Cc1c(NC(=O)NCC(C)CN(C)C)cccc1[N+](=O)[O-]. The van der Waals surface area contributed by atoms with E-state index in [1.54, 1.807) is 19.1 Å². The van der Waals surface area contributed by atoms with E-state index < -0.39 is 4.92 Å². The van der Waals surface area contributed by atoms with Crippen LogP contribution in [0.5, 0.6) is 0 Å². The van der Waals surface area contributed by atoms with Gasteiger partial charge in [-0.3, -0.25) is 10.1 Å². The van der Waals surface area contributed by atoms with E-state index in [-0.39, 0.29) is 11.7 Å². The van der Waals surface area contributed by atoms with Crippen molar-refractivity contribution in [1.82, 2.24) is 10.2 Å². The Morgan fingerprint density at radius 2 is 2.10 bits per heavy atom. The summed E-state index contributed by atoms with van der Waals surface area (Å²) in [6.07, 6.45) is 0. The predicted octanol–water partition coefficient (Wildman–Crippen LogP) is 2.22. The van der Waals surface area contributed by atoms with Gasteiger partial charge in [0.15, 0.2) is 0 Å². The van der Waals surface area contributed by atoms with Crippen LogP contribution in [0.2, 0.25) is 0 Å². The van der Waals surface area contributed by atoms with Gasteiger partial charge in [-0.1, -0.05) is 13.0 Å². The first-order valence-electron chi connectivity index (χ1n) is 6.74. The molecule has 116 valence electrons. The van der Waals surface area contributed by atoms with E-state index in [2.05, 4.69) is 15.5 Å². The predicted molar refractivity (Wildman–Crippen MR) is 82.6 cm³/mol. The van der Waals surface area contributed by atoms with Crippen molar-refractivity contribution in [3.63, 3.8) is 0 Å². The Labute approximate surface area is 124 Å². The highest BCUT2D eigenvalue weighted by Gasteiger charge is 2.15. The molecule has 0 radical (unpaired) electrons. The molecule has 0 aliphatic rings. The summed E-state index contributed by atoms with van der Waals surface area (Å²) in [6.45, 7) is 5.06. The van der Waals surface area contributed by atoms with Crippen LogP contribution in [0.4, 0.5) is 16.2 Å². The van der Waals surface area contributed by atoms with Gasteiger partial charge in [0.2, 0.25) is 0 Å². The molecular weight excluding hydrogens is 272 g/mol. The minimum absolute atomic E-state index is 0.00576. The number of urea groups is 1. The third-order valence-corrected chi connectivity index (χ3v) is 3.04. The van der Waals surface area contributed by atoms with Gasteiger partial charge in [-0.15, -0.1) is 0 Å². The van der Waals surface area contributed by atoms with Crippen molar-refractivity contribution in [2.45, 2.75) is 13.8 Å². The minimum Gasteiger partial charge on any atom is -0.338 e. The van der Waals surface area contributed by atoms with Crippen LogP contribution in [0.3, 0.4) is 0 Å². The van der Waals surface area contributed by atoms with E-state index in [0.29, 0.717) is 23.7 Å². The molecular formula is C14H22N4O3. The summed E-state index contributed by atoms with van der Waals surface area (Å²) < 4.78 is 0. The maximum atomic E-state index is 11.8. The van der Waals surface area contributed by atoms with E-state index in [4.69, 9.17) is 0 Å². The first kappa shape index (κ1) is 16.9. The van der Waals surface area contributed by atoms with Gasteiger partial charge in [-0.2, -0.15) is 0 Å². The molecule has 21 heavy (non-hydrogen) atoms. The molecule has 1 unspecified atom stereocenters. The second kappa shape index (κ2) is 7.58. The molecule has 1 rings (SSSR count). The normalized spacial score (nSPS) is 12.0. The number of hydrogen-bond acceptors (Lipinski definition) is 4. The molecule has 0 saturated heterocycles. The van der Waals surface area contributed by atoms with E-state index in [1.165, 1.54) is 6.07 Å². The number of nitro benzene ring substituents is 1. The number of nitrogens with one attached hydrogen (secondary N) is 2. The molecule has 1 aromatic rings. The number of carbonyl (C=O) groups excluding carboxylic acids is 1. The van der Waals surface area contributed by atoms with Gasteiger partial charge in [0.1, 0.15) is 0 Å². The largest absolute Gasteiger partial charge is 0.338 e. The van der Waals surface area contributed by atoms with E-state index >= 15 is 0 Å². The lowest BCUT2D eigenvalue weighted by molar-refractivity contribution is -0.385. The fourth-order valence-electron chi connectivity index (χ4n) is 2.08. The highest BCUT2D eigenvalue weighted by atomic mass is 16.6. The van der Waals surface area contributed by atoms with Crippen molar-refractivity contribution in [1.29, 1.82) is 0 Å². The molecule has 2 amide bonds. The molecule has 0 aliphatic heterocycles. The Kier molecular flexibility index (Phi) is 6.10. The Morgan fingerprint density at radius 1 is 1.43 bits per heavy atom. The monoisotopic (exact) mass is 294 g/mol. The van der Waals surface area contributed by atoms with E-state index in [9.17, 15) is 14.9 Å². The third kappa shape index (κ3) is 5.39. The number of carbonyl (C=O) groups is 1. The number of hydrogen-bond donors (Lipinski definition) is 2. The minimum atomic E-state index is -0.461. The maximum absolute atomic E-state index is 11.8.